The average molecular weight is 293 g/mol. The molecule has 5 heteroatoms. The Morgan fingerprint density at radius 1 is 1.21 bits per heavy atom. The van der Waals surface area contributed by atoms with Crippen molar-refractivity contribution < 1.29 is 9.59 Å². The Kier molecular flexibility index (Phi) is 4.87. The maximum absolute atomic E-state index is 11.9. The van der Waals surface area contributed by atoms with Crippen LogP contribution in [0.5, 0.6) is 0 Å². The molecule has 100 valence electrons. The summed E-state index contributed by atoms with van der Waals surface area (Å²) in [6, 6.07) is 7.40. The second-order valence-corrected chi connectivity index (χ2v) is 6.31. The fourth-order valence-corrected chi connectivity index (χ4v) is 3.14. The molecule has 0 aliphatic heterocycles. The number of hydrogen-bond acceptors (Lipinski definition) is 4. The molecule has 0 aliphatic rings. The molecule has 0 saturated heterocycles. The lowest BCUT2D eigenvalue weighted by molar-refractivity contribution is -0.120. The van der Waals surface area contributed by atoms with Crippen LogP contribution in [0, 0.1) is 0 Å². The normalized spacial score (nSPS) is 12.1. The fraction of sp³-hybridized carbons (Fsp3) is 0.286. The van der Waals surface area contributed by atoms with Crippen LogP contribution in [-0.2, 0) is 11.2 Å². The summed E-state index contributed by atoms with van der Waals surface area (Å²) in [4.78, 5) is 25.4. The summed E-state index contributed by atoms with van der Waals surface area (Å²) in [5, 5.41) is 6.70. The standard InChI is InChI=1S/C14H15NO2S2/c1-10(8-12(16)13-5-3-7-19-13)15-14(17)9-11-4-2-6-18-11/h2-7,10H,8-9H2,1H3,(H,15,17). The molecule has 0 bridgehead atoms. The zero-order chi connectivity index (χ0) is 13.7. The minimum Gasteiger partial charge on any atom is -0.353 e. The first kappa shape index (κ1) is 14.0. The number of nitrogens with one attached hydrogen (secondary N) is 1. The van der Waals surface area contributed by atoms with Gasteiger partial charge < -0.3 is 5.32 Å². The molecule has 1 unspecified atom stereocenters. The van der Waals surface area contributed by atoms with Gasteiger partial charge in [-0.2, -0.15) is 0 Å². The summed E-state index contributed by atoms with van der Waals surface area (Å²) < 4.78 is 0. The summed E-state index contributed by atoms with van der Waals surface area (Å²) >= 11 is 3.00. The number of ketones is 1. The third-order valence-electron chi connectivity index (χ3n) is 2.61. The predicted molar refractivity (Wildman–Crippen MR) is 78.9 cm³/mol. The van der Waals surface area contributed by atoms with Crippen molar-refractivity contribution in [3.8, 4) is 0 Å². The zero-order valence-corrected chi connectivity index (χ0v) is 12.2. The lowest BCUT2D eigenvalue weighted by Gasteiger charge is -2.12. The van der Waals surface area contributed by atoms with Crippen molar-refractivity contribution in [3.63, 3.8) is 0 Å². The molecule has 1 atom stereocenters. The Labute approximate surface area is 120 Å². The van der Waals surface area contributed by atoms with Crippen LogP contribution in [0.3, 0.4) is 0 Å². The van der Waals surface area contributed by atoms with E-state index in [1.54, 1.807) is 11.3 Å². The highest BCUT2D eigenvalue weighted by Gasteiger charge is 2.14. The van der Waals surface area contributed by atoms with E-state index < -0.39 is 0 Å². The van der Waals surface area contributed by atoms with E-state index in [-0.39, 0.29) is 17.7 Å². The molecule has 0 aromatic carbocycles. The lowest BCUT2D eigenvalue weighted by Crippen LogP contribution is -2.35. The predicted octanol–water partition coefficient (Wildman–Crippen LogP) is 3.13. The minimum absolute atomic E-state index is 0.0334. The second-order valence-electron chi connectivity index (χ2n) is 4.33. The monoisotopic (exact) mass is 293 g/mol. The zero-order valence-electron chi connectivity index (χ0n) is 10.6. The minimum atomic E-state index is -0.137. The van der Waals surface area contributed by atoms with Crippen LogP contribution in [0.1, 0.15) is 27.9 Å². The molecule has 3 nitrogen and oxygen atoms in total. The Bertz CT molecular complexity index is 532. The largest absolute Gasteiger partial charge is 0.353 e. The Balaban J connectivity index is 1.79. The van der Waals surface area contributed by atoms with Gasteiger partial charge in [-0.05, 0) is 29.8 Å². The third-order valence-corrected chi connectivity index (χ3v) is 4.40. The third kappa shape index (κ3) is 4.29. The van der Waals surface area contributed by atoms with Crippen LogP contribution in [0.15, 0.2) is 35.0 Å². The van der Waals surface area contributed by atoms with Crippen molar-refractivity contribution in [2.45, 2.75) is 25.8 Å². The van der Waals surface area contributed by atoms with Gasteiger partial charge in [-0.3, -0.25) is 9.59 Å². The van der Waals surface area contributed by atoms with Crippen molar-refractivity contribution >= 4 is 34.4 Å². The number of carbonyl (C=O) groups is 2. The van der Waals surface area contributed by atoms with Gasteiger partial charge in [0.05, 0.1) is 11.3 Å². The summed E-state index contributed by atoms with van der Waals surface area (Å²) in [6.45, 7) is 1.86. The van der Waals surface area contributed by atoms with Crippen LogP contribution >= 0.6 is 22.7 Å². The number of Topliss-reactive ketones (excluding diaryl/α,β-unsaturated/α-hetero) is 1. The summed E-state index contributed by atoms with van der Waals surface area (Å²) in [7, 11) is 0. The van der Waals surface area contributed by atoms with E-state index in [2.05, 4.69) is 5.32 Å². The van der Waals surface area contributed by atoms with Crippen LogP contribution in [-0.4, -0.2) is 17.7 Å². The topological polar surface area (TPSA) is 46.2 Å². The van der Waals surface area contributed by atoms with Gasteiger partial charge in [0.1, 0.15) is 0 Å². The highest BCUT2D eigenvalue weighted by Crippen LogP contribution is 2.13. The van der Waals surface area contributed by atoms with E-state index in [1.165, 1.54) is 11.3 Å². The van der Waals surface area contributed by atoms with Gasteiger partial charge >= 0.3 is 0 Å². The van der Waals surface area contributed by atoms with E-state index in [0.29, 0.717) is 12.8 Å². The molecule has 0 spiro atoms. The summed E-state index contributed by atoms with van der Waals surface area (Å²) in [5.41, 5.74) is 0. The van der Waals surface area contributed by atoms with Crippen molar-refractivity contribution in [1.82, 2.24) is 5.32 Å². The van der Waals surface area contributed by atoms with Gasteiger partial charge in [-0.25, -0.2) is 0 Å². The average Bonchev–Trinajstić information content (AvgIpc) is 3.00. The molecule has 0 radical (unpaired) electrons. The van der Waals surface area contributed by atoms with Gasteiger partial charge in [-0.1, -0.05) is 12.1 Å². The molecule has 1 amide bonds. The molecule has 2 heterocycles. The molecular weight excluding hydrogens is 278 g/mol. The molecule has 0 aliphatic carbocycles. The molecule has 19 heavy (non-hydrogen) atoms. The van der Waals surface area contributed by atoms with E-state index in [4.69, 9.17) is 0 Å². The number of hydrogen-bond donors (Lipinski definition) is 1. The maximum atomic E-state index is 11.9. The molecule has 0 saturated carbocycles. The lowest BCUT2D eigenvalue weighted by atomic mass is 10.1. The first-order valence-electron chi connectivity index (χ1n) is 6.03. The summed E-state index contributed by atoms with van der Waals surface area (Å²) in [5.74, 6) is 0.0489. The van der Waals surface area contributed by atoms with E-state index in [0.717, 1.165) is 9.75 Å². The number of amides is 1. The maximum Gasteiger partial charge on any atom is 0.225 e. The van der Waals surface area contributed by atoms with Gasteiger partial charge in [0.2, 0.25) is 5.91 Å². The van der Waals surface area contributed by atoms with Crippen molar-refractivity contribution in [1.29, 1.82) is 0 Å². The van der Waals surface area contributed by atoms with Crippen molar-refractivity contribution in [3.05, 3.63) is 44.8 Å². The van der Waals surface area contributed by atoms with Crippen LogP contribution in [0.4, 0.5) is 0 Å². The highest BCUT2D eigenvalue weighted by molar-refractivity contribution is 7.12. The van der Waals surface area contributed by atoms with E-state index in [9.17, 15) is 9.59 Å². The molecule has 2 aromatic rings. The molecule has 0 fully saturated rings. The first-order chi connectivity index (χ1) is 9.15. The van der Waals surface area contributed by atoms with Crippen molar-refractivity contribution in [2.75, 3.05) is 0 Å². The van der Waals surface area contributed by atoms with Gasteiger partial charge in [0, 0.05) is 17.3 Å². The van der Waals surface area contributed by atoms with Gasteiger partial charge in [0.15, 0.2) is 5.78 Å². The molecular formula is C14H15NO2S2. The first-order valence-corrected chi connectivity index (χ1v) is 7.79. The van der Waals surface area contributed by atoms with E-state index >= 15 is 0 Å². The number of rotatable bonds is 6. The number of carbonyl (C=O) groups excluding carboxylic acids is 2. The summed E-state index contributed by atoms with van der Waals surface area (Å²) in [6.07, 6.45) is 0.728. The SMILES string of the molecule is CC(CC(=O)c1cccs1)NC(=O)Cc1cccs1. The van der Waals surface area contributed by atoms with Crippen LogP contribution in [0.25, 0.3) is 0 Å². The molecule has 2 aromatic heterocycles. The van der Waals surface area contributed by atoms with Gasteiger partial charge in [-0.15, -0.1) is 22.7 Å². The second kappa shape index (κ2) is 6.63. The number of thiophene rings is 2. The van der Waals surface area contributed by atoms with Crippen LogP contribution < -0.4 is 5.32 Å². The smallest absolute Gasteiger partial charge is 0.225 e. The van der Waals surface area contributed by atoms with Crippen LogP contribution in [0.2, 0.25) is 0 Å². The van der Waals surface area contributed by atoms with E-state index in [1.807, 2.05) is 41.9 Å². The van der Waals surface area contributed by atoms with Crippen molar-refractivity contribution in [2.24, 2.45) is 0 Å². The Morgan fingerprint density at radius 2 is 1.95 bits per heavy atom. The molecule has 1 N–H and O–H groups in total. The quantitative estimate of drug-likeness (QED) is 0.832. The Hall–Kier alpha value is -1.46. The Morgan fingerprint density at radius 3 is 2.58 bits per heavy atom. The molecule has 2 rings (SSSR count). The highest BCUT2D eigenvalue weighted by atomic mass is 32.1. The fourth-order valence-electron chi connectivity index (χ4n) is 1.76. The van der Waals surface area contributed by atoms with Gasteiger partial charge in [0.25, 0.3) is 0 Å².